The second kappa shape index (κ2) is 8.83. The van der Waals surface area contributed by atoms with Crippen molar-refractivity contribution in [3.05, 3.63) is 35.4 Å². The van der Waals surface area contributed by atoms with Crippen LogP contribution in [-0.2, 0) is 9.59 Å². The van der Waals surface area contributed by atoms with Crippen molar-refractivity contribution in [3.8, 4) is 0 Å². The van der Waals surface area contributed by atoms with Gasteiger partial charge in [0.2, 0.25) is 11.8 Å². The van der Waals surface area contributed by atoms with E-state index in [-0.39, 0.29) is 36.1 Å². The number of amides is 3. The van der Waals surface area contributed by atoms with Crippen LogP contribution in [-0.4, -0.2) is 48.3 Å². The Bertz CT molecular complexity index is 653. The molecule has 6 heteroatoms. The standard InChI is InChI=1S/C20H29N3O3/c1-13(2)15-5-7-16(8-6-15)19(25)21-9-10-22-20(26)17-11-18(24)23(12-17)14(3)4/h5-8,13-14,17H,9-12H2,1-4H3,(H,21,25)(H,22,26). The van der Waals surface area contributed by atoms with Crippen molar-refractivity contribution in [1.29, 1.82) is 0 Å². The second-order valence-electron chi connectivity index (χ2n) is 7.36. The average molecular weight is 359 g/mol. The van der Waals surface area contributed by atoms with Crippen LogP contribution < -0.4 is 10.6 Å². The molecule has 1 aromatic rings. The molecule has 2 rings (SSSR count). The molecule has 1 aliphatic rings. The van der Waals surface area contributed by atoms with Crippen LogP contribution in [0, 0.1) is 5.92 Å². The van der Waals surface area contributed by atoms with E-state index in [0.29, 0.717) is 31.1 Å². The Morgan fingerprint density at radius 3 is 2.23 bits per heavy atom. The van der Waals surface area contributed by atoms with Crippen molar-refractivity contribution < 1.29 is 14.4 Å². The molecule has 0 saturated carbocycles. The fraction of sp³-hybridized carbons (Fsp3) is 0.550. The lowest BCUT2D eigenvalue weighted by atomic mass is 10.0. The van der Waals surface area contributed by atoms with E-state index < -0.39 is 0 Å². The van der Waals surface area contributed by atoms with E-state index in [9.17, 15) is 14.4 Å². The highest BCUT2D eigenvalue weighted by molar-refractivity contribution is 5.94. The van der Waals surface area contributed by atoms with Crippen LogP contribution in [0.3, 0.4) is 0 Å². The fourth-order valence-corrected chi connectivity index (χ4v) is 3.03. The van der Waals surface area contributed by atoms with Gasteiger partial charge in [0.05, 0.1) is 5.92 Å². The van der Waals surface area contributed by atoms with Gasteiger partial charge < -0.3 is 15.5 Å². The van der Waals surface area contributed by atoms with Gasteiger partial charge in [-0.25, -0.2) is 0 Å². The SMILES string of the molecule is CC(C)c1ccc(C(=O)NCCNC(=O)C2CC(=O)N(C(C)C)C2)cc1. The van der Waals surface area contributed by atoms with E-state index >= 15 is 0 Å². The summed E-state index contributed by atoms with van der Waals surface area (Å²) in [6.45, 7) is 9.28. The maximum atomic E-state index is 12.2. The third-order valence-corrected chi connectivity index (χ3v) is 4.70. The number of rotatable bonds is 7. The minimum atomic E-state index is -0.302. The van der Waals surface area contributed by atoms with Crippen LogP contribution in [0.15, 0.2) is 24.3 Å². The van der Waals surface area contributed by atoms with Crippen molar-refractivity contribution in [3.63, 3.8) is 0 Å². The number of hydrogen-bond donors (Lipinski definition) is 2. The van der Waals surface area contributed by atoms with E-state index in [1.54, 1.807) is 4.90 Å². The average Bonchev–Trinajstić information content (AvgIpc) is 3.00. The van der Waals surface area contributed by atoms with Crippen LogP contribution in [0.2, 0.25) is 0 Å². The smallest absolute Gasteiger partial charge is 0.251 e. The highest BCUT2D eigenvalue weighted by atomic mass is 16.2. The molecule has 0 spiro atoms. The molecule has 0 aliphatic carbocycles. The van der Waals surface area contributed by atoms with Gasteiger partial charge in [0.1, 0.15) is 0 Å². The first-order chi connectivity index (χ1) is 12.3. The summed E-state index contributed by atoms with van der Waals surface area (Å²) in [5, 5.41) is 5.60. The van der Waals surface area contributed by atoms with Gasteiger partial charge in [0.25, 0.3) is 5.91 Å². The molecule has 2 N–H and O–H groups in total. The number of carbonyl (C=O) groups is 3. The molecule has 1 aliphatic heterocycles. The molecule has 1 fully saturated rings. The minimum absolute atomic E-state index is 0.0262. The quantitative estimate of drug-likeness (QED) is 0.730. The summed E-state index contributed by atoms with van der Waals surface area (Å²) in [4.78, 5) is 37.9. The fourth-order valence-electron chi connectivity index (χ4n) is 3.03. The van der Waals surface area contributed by atoms with Gasteiger partial charge in [-0.3, -0.25) is 14.4 Å². The molecule has 26 heavy (non-hydrogen) atoms. The molecule has 1 unspecified atom stereocenters. The molecule has 1 heterocycles. The number of nitrogens with zero attached hydrogens (tertiary/aromatic N) is 1. The van der Waals surface area contributed by atoms with Gasteiger partial charge in [-0.1, -0.05) is 26.0 Å². The van der Waals surface area contributed by atoms with Crippen molar-refractivity contribution in [1.82, 2.24) is 15.5 Å². The van der Waals surface area contributed by atoms with Gasteiger partial charge in [-0.15, -0.1) is 0 Å². The first-order valence-electron chi connectivity index (χ1n) is 9.25. The molecule has 0 bridgehead atoms. The zero-order chi connectivity index (χ0) is 19.3. The van der Waals surface area contributed by atoms with Crippen LogP contribution >= 0.6 is 0 Å². The first-order valence-corrected chi connectivity index (χ1v) is 9.25. The Morgan fingerprint density at radius 2 is 1.69 bits per heavy atom. The van der Waals surface area contributed by atoms with Crippen LogP contribution in [0.1, 0.15) is 56.0 Å². The van der Waals surface area contributed by atoms with Crippen molar-refractivity contribution in [2.24, 2.45) is 5.92 Å². The summed E-state index contributed by atoms with van der Waals surface area (Å²) in [5.41, 5.74) is 1.80. The summed E-state index contributed by atoms with van der Waals surface area (Å²) in [6.07, 6.45) is 0.262. The Balaban J connectivity index is 1.72. The molecular weight excluding hydrogens is 330 g/mol. The third kappa shape index (κ3) is 5.07. The van der Waals surface area contributed by atoms with E-state index in [2.05, 4.69) is 24.5 Å². The molecule has 6 nitrogen and oxygen atoms in total. The molecule has 1 aromatic carbocycles. The summed E-state index contributed by atoms with van der Waals surface area (Å²) in [6, 6.07) is 7.65. The number of carbonyl (C=O) groups excluding carboxylic acids is 3. The summed E-state index contributed by atoms with van der Waals surface area (Å²) >= 11 is 0. The van der Waals surface area contributed by atoms with Gasteiger partial charge in [-0.05, 0) is 37.5 Å². The van der Waals surface area contributed by atoms with Crippen LogP contribution in [0.25, 0.3) is 0 Å². The Hall–Kier alpha value is -2.37. The Morgan fingerprint density at radius 1 is 1.08 bits per heavy atom. The van der Waals surface area contributed by atoms with Crippen LogP contribution in [0.5, 0.6) is 0 Å². The monoisotopic (exact) mass is 359 g/mol. The van der Waals surface area contributed by atoms with E-state index in [1.165, 1.54) is 5.56 Å². The largest absolute Gasteiger partial charge is 0.354 e. The number of likely N-dealkylation sites (tertiary alicyclic amines) is 1. The lowest BCUT2D eigenvalue weighted by Gasteiger charge is -2.20. The number of hydrogen-bond acceptors (Lipinski definition) is 3. The molecule has 0 radical (unpaired) electrons. The minimum Gasteiger partial charge on any atom is -0.354 e. The van der Waals surface area contributed by atoms with Gasteiger partial charge in [-0.2, -0.15) is 0 Å². The molecule has 3 amide bonds. The highest BCUT2D eigenvalue weighted by Crippen LogP contribution is 2.20. The van der Waals surface area contributed by atoms with Crippen molar-refractivity contribution >= 4 is 17.7 Å². The Kier molecular flexibility index (Phi) is 6.77. The zero-order valence-corrected chi connectivity index (χ0v) is 16.0. The van der Waals surface area contributed by atoms with Gasteiger partial charge >= 0.3 is 0 Å². The predicted octanol–water partition coefficient (Wildman–Crippen LogP) is 1.91. The summed E-state index contributed by atoms with van der Waals surface area (Å²) in [7, 11) is 0. The third-order valence-electron chi connectivity index (χ3n) is 4.70. The zero-order valence-electron chi connectivity index (χ0n) is 16.0. The maximum Gasteiger partial charge on any atom is 0.251 e. The lowest BCUT2D eigenvalue weighted by Crippen LogP contribution is -2.39. The summed E-state index contributed by atoms with van der Waals surface area (Å²) in [5.74, 6) is -0.132. The van der Waals surface area contributed by atoms with Crippen molar-refractivity contribution in [2.45, 2.75) is 46.1 Å². The molecular formula is C20H29N3O3. The van der Waals surface area contributed by atoms with Gasteiger partial charge in [0.15, 0.2) is 0 Å². The topological polar surface area (TPSA) is 78.5 Å². The van der Waals surface area contributed by atoms with Crippen LogP contribution in [0.4, 0.5) is 0 Å². The molecule has 1 saturated heterocycles. The van der Waals surface area contributed by atoms with Crippen molar-refractivity contribution in [2.75, 3.05) is 19.6 Å². The molecule has 1 atom stereocenters. The lowest BCUT2D eigenvalue weighted by molar-refractivity contribution is -0.129. The van der Waals surface area contributed by atoms with E-state index in [1.807, 2.05) is 38.1 Å². The summed E-state index contributed by atoms with van der Waals surface area (Å²) < 4.78 is 0. The van der Waals surface area contributed by atoms with E-state index in [0.717, 1.165) is 0 Å². The Labute approximate surface area is 155 Å². The molecule has 0 aromatic heterocycles. The van der Waals surface area contributed by atoms with E-state index in [4.69, 9.17) is 0 Å². The predicted molar refractivity (Wildman–Crippen MR) is 101 cm³/mol. The highest BCUT2D eigenvalue weighted by Gasteiger charge is 2.35. The van der Waals surface area contributed by atoms with Gasteiger partial charge in [0, 0.05) is 37.7 Å². The second-order valence-corrected chi connectivity index (χ2v) is 7.36. The number of nitrogens with one attached hydrogen (secondary N) is 2. The maximum absolute atomic E-state index is 12.2. The number of benzene rings is 1. The normalized spacial score (nSPS) is 17.1. The first kappa shape index (κ1) is 19.9. The molecule has 142 valence electrons.